The van der Waals surface area contributed by atoms with Gasteiger partial charge in [-0.15, -0.1) is 0 Å². The minimum absolute atomic E-state index is 0.256. The third-order valence-corrected chi connectivity index (χ3v) is 7.51. The number of imide groups is 1. The van der Waals surface area contributed by atoms with Crippen molar-refractivity contribution >= 4 is 29.1 Å². The zero-order valence-corrected chi connectivity index (χ0v) is 21.5. The standard InChI is InChI=1S/C29H23ClF3N3O2/c1-28(2)22-14-19(30)13-18-9-6-12-35(25(18)22)23(28)11-10-20-24(29(31,32)33)21(15-34)27(38)36(26(20)37)16-17-7-4-3-5-8-17/h3-5,7-8,10-11,13-14H,6,9,12,16H2,1-2H3. The van der Waals surface area contributed by atoms with Gasteiger partial charge in [-0.25, -0.2) is 0 Å². The van der Waals surface area contributed by atoms with Crippen LogP contribution in [0.25, 0.3) is 0 Å². The van der Waals surface area contributed by atoms with Crippen molar-refractivity contribution in [3.8, 4) is 6.07 Å². The molecule has 2 aromatic carbocycles. The van der Waals surface area contributed by atoms with Crippen molar-refractivity contribution in [2.75, 3.05) is 11.4 Å². The smallest absolute Gasteiger partial charge is 0.344 e. The maximum Gasteiger partial charge on any atom is 0.418 e. The molecular formula is C29H23ClF3N3O2. The highest BCUT2D eigenvalue weighted by Gasteiger charge is 2.49. The molecular weight excluding hydrogens is 515 g/mol. The number of nitrogens with zero attached hydrogens (tertiary/aromatic N) is 3. The highest BCUT2D eigenvalue weighted by atomic mass is 35.5. The second kappa shape index (κ2) is 9.17. The van der Waals surface area contributed by atoms with Crippen molar-refractivity contribution in [3.63, 3.8) is 0 Å². The summed E-state index contributed by atoms with van der Waals surface area (Å²) in [7, 11) is 0. The van der Waals surface area contributed by atoms with Crippen molar-refractivity contribution < 1.29 is 22.8 Å². The van der Waals surface area contributed by atoms with Crippen LogP contribution in [-0.2, 0) is 28.0 Å². The Labute approximate surface area is 223 Å². The van der Waals surface area contributed by atoms with E-state index >= 15 is 0 Å². The minimum Gasteiger partial charge on any atom is -0.344 e. The molecule has 3 aliphatic heterocycles. The molecule has 38 heavy (non-hydrogen) atoms. The van der Waals surface area contributed by atoms with E-state index in [0.29, 0.717) is 27.7 Å². The van der Waals surface area contributed by atoms with Crippen LogP contribution in [0, 0.1) is 11.3 Å². The Hall–Kier alpha value is -3.83. The fraction of sp³-hybridized carbons (Fsp3) is 0.276. The van der Waals surface area contributed by atoms with Crippen molar-refractivity contribution in [2.45, 2.75) is 44.8 Å². The molecule has 0 fully saturated rings. The summed E-state index contributed by atoms with van der Waals surface area (Å²) in [5, 5.41) is 10.2. The van der Waals surface area contributed by atoms with E-state index in [9.17, 15) is 28.0 Å². The number of nitriles is 1. The highest BCUT2D eigenvalue weighted by Crippen LogP contribution is 2.52. The van der Waals surface area contributed by atoms with E-state index in [1.807, 2.05) is 26.0 Å². The first-order valence-corrected chi connectivity index (χ1v) is 12.5. The topological polar surface area (TPSA) is 64.4 Å². The Kier molecular flexibility index (Phi) is 6.23. The molecule has 9 heteroatoms. The normalized spacial score (nSPS) is 20.9. The molecule has 5 rings (SSSR count). The van der Waals surface area contributed by atoms with Gasteiger partial charge in [-0.3, -0.25) is 14.5 Å². The van der Waals surface area contributed by atoms with E-state index in [0.717, 1.165) is 35.7 Å². The molecule has 0 aromatic heterocycles. The Bertz CT molecular complexity index is 1500. The van der Waals surface area contributed by atoms with E-state index in [2.05, 4.69) is 4.90 Å². The number of halogens is 4. The van der Waals surface area contributed by atoms with Gasteiger partial charge in [0.1, 0.15) is 11.6 Å². The van der Waals surface area contributed by atoms with Gasteiger partial charge in [0.2, 0.25) is 0 Å². The molecule has 0 atom stereocenters. The molecule has 0 unspecified atom stereocenters. The van der Waals surface area contributed by atoms with Gasteiger partial charge in [0.25, 0.3) is 11.8 Å². The number of allylic oxidation sites excluding steroid dienone is 3. The summed E-state index contributed by atoms with van der Waals surface area (Å²) in [6, 6.07) is 13.6. The Morgan fingerprint density at radius 2 is 1.82 bits per heavy atom. The number of aryl methyl sites for hydroxylation is 1. The predicted molar refractivity (Wildman–Crippen MR) is 137 cm³/mol. The van der Waals surface area contributed by atoms with Crippen LogP contribution in [0.15, 0.2) is 77.0 Å². The average Bonchev–Trinajstić information content (AvgIpc) is 3.07. The van der Waals surface area contributed by atoms with Crippen molar-refractivity contribution in [3.05, 3.63) is 98.7 Å². The molecule has 0 saturated carbocycles. The molecule has 0 spiro atoms. The molecule has 5 nitrogen and oxygen atoms in total. The molecule has 0 aliphatic carbocycles. The number of carbonyl (C=O) groups is 2. The van der Waals surface area contributed by atoms with Gasteiger partial charge in [0.15, 0.2) is 0 Å². The monoisotopic (exact) mass is 537 g/mol. The molecule has 194 valence electrons. The van der Waals surface area contributed by atoms with Crippen molar-refractivity contribution in [1.82, 2.24) is 4.90 Å². The first-order valence-electron chi connectivity index (χ1n) is 12.1. The van der Waals surface area contributed by atoms with Gasteiger partial charge >= 0.3 is 6.18 Å². The van der Waals surface area contributed by atoms with Crippen molar-refractivity contribution in [1.29, 1.82) is 5.26 Å². The van der Waals surface area contributed by atoms with Crippen LogP contribution in [0.5, 0.6) is 0 Å². The van der Waals surface area contributed by atoms with Crippen LogP contribution in [0.4, 0.5) is 18.9 Å². The second-order valence-corrected chi connectivity index (χ2v) is 10.5. The summed E-state index contributed by atoms with van der Waals surface area (Å²) in [4.78, 5) is 29.1. The number of rotatable bonds is 3. The van der Waals surface area contributed by atoms with Crippen LogP contribution in [0.2, 0.25) is 5.02 Å². The van der Waals surface area contributed by atoms with Gasteiger partial charge in [-0.05, 0) is 53.8 Å². The third-order valence-electron chi connectivity index (χ3n) is 7.30. The molecule has 0 N–H and O–H groups in total. The molecule has 2 aromatic rings. The molecule has 3 aliphatic rings. The number of benzene rings is 2. The first kappa shape index (κ1) is 25.8. The Balaban J connectivity index is 1.66. The van der Waals surface area contributed by atoms with E-state index in [1.54, 1.807) is 30.3 Å². The fourth-order valence-electron chi connectivity index (χ4n) is 5.54. The molecule has 0 saturated heterocycles. The minimum atomic E-state index is -5.08. The molecule has 0 radical (unpaired) electrons. The summed E-state index contributed by atoms with van der Waals surface area (Å²) in [5.41, 5.74) is 0.337. The lowest BCUT2D eigenvalue weighted by Crippen LogP contribution is -2.44. The maximum atomic E-state index is 14.2. The maximum absolute atomic E-state index is 14.2. The van der Waals surface area contributed by atoms with Gasteiger partial charge in [0, 0.05) is 28.4 Å². The van der Waals surface area contributed by atoms with Crippen LogP contribution < -0.4 is 4.90 Å². The van der Waals surface area contributed by atoms with Crippen LogP contribution in [-0.4, -0.2) is 29.4 Å². The number of carbonyl (C=O) groups excluding carboxylic acids is 2. The summed E-state index contributed by atoms with van der Waals surface area (Å²) in [6.45, 7) is 4.32. The SMILES string of the molecule is CC1(C)C(=CC=C2C(=O)N(Cc3ccccc3)C(=O)C(C#N)=C2C(F)(F)F)N2CCCc3cc(Cl)cc1c32. The first-order chi connectivity index (χ1) is 17.9. The lowest BCUT2D eigenvalue weighted by Gasteiger charge is -2.31. The largest absolute Gasteiger partial charge is 0.418 e. The summed E-state index contributed by atoms with van der Waals surface area (Å²) in [5.74, 6) is -2.36. The second-order valence-electron chi connectivity index (χ2n) is 10.0. The van der Waals surface area contributed by atoms with Crippen molar-refractivity contribution in [2.24, 2.45) is 0 Å². The van der Waals surface area contributed by atoms with E-state index in [4.69, 9.17) is 11.6 Å². The van der Waals surface area contributed by atoms with Gasteiger partial charge in [0.05, 0.1) is 17.7 Å². The van der Waals surface area contributed by atoms with Crippen LogP contribution in [0.3, 0.4) is 0 Å². The van der Waals surface area contributed by atoms with E-state index < -0.39 is 40.1 Å². The Morgan fingerprint density at radius 3 is 2.47 bits per heavy atom. The number of anilines is 1. The van der Waals surface area contributed by atoms with Gasteiger partial charge in [-0.1, -0.05) is 55.8 Å². The summed E-state index contributed by atoms with van der Waals surface area (Å²) >= 11 is 6.38. The quantitative estimate of drug-likeness (QED) is 0.348. The number of alkyl halides is 3. The van der Waals surface area contributed by atoms with Gasteiger partial charge < -0.3 is 4.90 Å². The average molecular weight is 538 g/mol. The molecule has 3 heterocycles. The lowest BCUT2D eigenvalue weighted by atomic mass is 9.82. The van der Waals surface area contributed by atoms with E-state index in [-0.39, 0.29) is 6.54 Å². The number of amides is 2. The lowest BCUT2D eigenvalue weighted by molar-refractivity contribution is -0.144. The number of hydrogen-bond acceptors (Lipinski definition) is 4. The van der Waals surface area contributed by atoms with E-state index in [1.165, 1.54) is 12.1 Å². The number of hydrogen-bond donors (Lipinski definition) is 0. The van der Waals surface area contributed by atoms with Crippen LogP contribution in [0.1, 0.15) is 37.0 Å². The van der Waals surface area contributed by atoms with Gasteiger partial charge in [-0.2, -0.15) is 18.4 Å². The molecule has 2 amide bonds. The zero-order chi connectivity index (χ0) is 27.4. The predicted octanol–water partition coefficient (Wildman–Crippen LogP) is 6.15. The highest BCUT2D eigenvalue weighted by molar-refractivity contribution is 6.31. The molecule has 0 bridgehead atoms. The third kappa shape index (κ3) is 4.11. The zero-order valence-electron chi connectivity index (χ0n) is 20.7. The summed E-state index contributed by atoms with van der Waals surface area (Å²) in [6.07, 6.45) is -0.800. The van der Waals surface area contributed by atoms with Crippen LogP contribution >= 0.6 is 11.6 Å². The summed E-state index contributed by atoms with van der Waals surface area (Å²) < 4.78 is 42.7. The Morgan fingerprint density at radius 1 is 1.11 bits per heavy atom. The fourth-order valence-corrected chi connectivity index (χ4v) is 5.78.